The van der Waals surface area contributed by atoms with Crippen molar-refractivity contribution in [2.24, 2.45) is 0 Å². The molecule has 1 aliphatic carbocycles. The monoisotopic (exact) mass is 758 g/mol. The van der Waals surface area contributed by atoms with E-state index in [4.69, 9.17) is 15.2 Å². The topological polar surface area (TPSA) is 126 Å². The number of carbonyl (C=O) groups excluding carboxylic acids is 2. The number of carbonyl (C=O) groups is 2. The van der Waals surface area contributed by atoms with Gasteiger partial charge in [-0.3, -0.25) is 14.5 Å². The fraction of sp³-hybridized carbons (Fsp3) is 0.404. The van der Waals surface area contributed by atoms with E-state index in [0.717, 1.165) is 78.6 Å². The lowest BCUT2D eigenvalue weighted by atomic mass is 9.98. The van der Waals surface area contributed by atoms with E-state index in [1.165, 1.54) is 25.7 Å². The zero-order chi connectivity index (χ0) is 39.1. The predicted molar refractivity (Wildman–Crippen MR) is 223 cm³/mol. The second kappa shape index (κ2) is 20.9. The maximum Gasteiger partial charge on any atom is 0.224 e. The summed E-state index contributed by atoms with van der Waals surface area (Å²) < 4.78 is 13.4. The van der Waals surface area contributed by atoms with Crippen LogP contribution in [0, 0.1) is 0 Å². The Hall–Kier alpha value is -4.80. The SMILES string of the molecule is C=CCN(C[C@H]1C[C@@H](c2ccc(CO)cc2)O[C@@H](c2ccc(-c3cccc(CNC(=O)CCCCCCC(=O)Nc4ccccc4N)c3)cc2)O1)C1CCCC1. The van der Waals surface area contributed by atoms with Crippen molar-refractivity contribution in [3.05, 3.63) is 132 Å². The van der Waals surface area contributed by atoms with Crippen molar-refractivity contribution in [3.8, 4) is 11.1 Å². The Morgan fingerprint density at radius 2 is 1.52 bits per heavy atom. The van der Waals surface area contributed by atoms with Crippen molar-refractivity contribution in [1.29, 1.82) is 0 Å². The van der Waals surface area contributed by atoms with Gasteiger partial charge >= 0.3 is 0 Å². The van der Waals surface area contributed by atoms with Gasteiger partial charge in [0.15, 0.2) is 6.29 Å². The first-order valence-corrected chi connectivity index (χ1v) is 20.3. The van der Waals surface area contributed by atoms with Crippen LogP contribution in [0.4, 0.5) is 11.4 Å². The summed E-state index contributed by atoms with van der Waals surface area (Å²) in [5.41, 5.74) is 13.2. The van der Waals surface area contributed by atoms with Gasteiger partial charge in [-0.25, -0.2) is 0 Å². The second-order valence-electron chi connectivity index (χ2n) is 15.2. The summed E-state index contributed by atoms with van der Waals surface area (Å²) >= 11 is 0. The van der Waals surface area contributed by atoms with Gasteiger partial charge in [0, 0.05) is 50.5 Å². The van der Waals surface area contributed by atoms with Gasteiger partial charge < -0.3 is 30.9 Å². The van der Waals surface area contributed by atoms with E-state index in [9.17, 15) is 14.7 Å². The third-order valence-electron chi connectivity index (χ3n) is 11.0. The van der Waals surface area contributed by atoms with Gasteiger partial charge in [-0.1, -0.05) is 111 Å². The minimum atomic E-state index is -0.514. The van der Waals surface area contributed by atoms with Gasteiger partial charge in [0.1, 0.15) is 0 Å². The van der Waals surface area contributed by atoms with E-state index in [0.29, 0.717) is 36.8 Å². The average Bonchev–Trinajstić information content (AvgIpc) is 3.78. The normalized spacial score (nSPS) is 18.5. The first-order chi connectivity index (χ1) is 27.4. The number of nitrogen functional groups attached to an aromatic ring is 1. The van der Waals surface area contributed by atoms with Crippen LogP contribution in [0.1, 0.15) is 105 Å². The molecule has 0 radical (unpaired) electrons. The third-order valence-corrected chi connectivity index (χ3v) is 11.0. The molecule has 4 aromatic carbocycles. The summed E-state index contributed by atoms with van der Waals surface area (Å²) in [5, 5.41) is 15.5. The second-order valence-corrected chi connectivity index (χ2v) is 15.2. The van der Waals surface area contributed by atoms with E-state index < -0.39 is 6.29 Å². The van der Waals surface area contributed by atoms with Crippen LogP contribution in [-0.2, 0) is 32.2 Å². The van der Waals surface area contributed by atoms with Crippen LogP contribution in [0.15, 0.2) is 110 Å². The number of nitrogens with one attached hydrogen (secondary N) is 2. The molecular weight excluding hydrogens is 701 g/mol. The lowest BCUT2D eigenvalue weighted by molar-refractivity contribution is -0.253. The molecule has 296 valence electrons. The number of amides is 2. The molecule has 0 spiro atoms. The predicted octanol–water partition coefficient (Wildman–Crippen LogP) is 9.00. The Bertz CT molecular complexity index is 1860. The number of nitrogens with two attached hydrogens (primary N) is 1. The van der Waals surface area contributed by atoms with Crippen LogP contribution in [0.2, 0.25) is 0 Å². The highest BCUT2D eigenvalue weighted by molar-refractivity contribution is 5.93. The summed E-state index contributed by atoms with van der Waals surface area (Å²) in [6.07, 6.45) is 11.3. The number of hydrogen-bond acceptors (Lipinski definition) is 7. The fourth-order valence-corrected chi connectivity index (χ4v) is 7.83. The molecule has 2 fully saturated rings. The molecule has 0 bridgehead atoms. The van der Waals surface area contributed by atoms with Crippen LogP contribution < -0.4 is 16.4 Å². The maximum atomic E-state index is 12.6. The largest absolute Gasteiger partial charge is 0.397 e. The first kappa shape index (κ1) is 40.9. The van der Waals surface area contributed by atoms with Gasteiger partial charge in [-0.15, -0.1) is 6.58 Å². The van der Waals surface area contributed by atoms with E-state index in [1.54, 1.807) is 12.1 Å². The van der Waals surface area contributed by atoms with E-state index in [-0.39, 0.29) is 30.6 Å². The number of anilines is 2. The van der Waals surface area contributed by atoms with Crippen LogP contribution in [0.5, 0.6) is 0 Å². The minimum Gasteiger partial charge on any atom is -0.397 e. The summed E-state index contributed by atoms with van der Waals surface area (Å²) in [6.45, 7) is 6.19. The molecular formula is C47H58N4O5. The molecule has 5 N–H and O–H groups in total. The number of ether oxygens (including phenoxy) is 2. The lowest BCUT2D eigenvalue weighted by Gasteiger charge is -2.39. The zero-order valence-electron chi connectivity index (χ0n) is 32.5. The Balaban J connectivity index is 0.994. The zero-order valence-corrected chi connectivity index (χ0v) is 32.5. The van der Waals surface area contributed by atoms with Crippen molar-refractivity contribution in [1.82, 2.24) is 10.2 Å². The number of hydrogen-bond donors (Lipinski definition) is 4. The summed E-state index contributed by atoms with van der Waals surface area (Å²) in [7, 11) is 0. The number of rotatable bonds is 19. The summed E-state index contributed by atoms with van der Waals surface area (Å²) in [4.78, 5) is 27.4. The molecule has 56 heavy (non-hydrogen) atoms. The van der Waals surface area contributed by atoms with Crippen molar-refractivity contribution >= 4 is 23.2 Å². The van der Waals surface area contributed by atoms with Crippen LogP contribution >= 0.6 is 0 Å². The number of unbranched alkanes of at least 4 members (excludes halogenated alkanes) is 3. The van der Waals surface area contributed by atoms with Gasteiger partial charge in [0.05, 0.1) is 30.2 Å². The first-order valence-electron chi connectivity index (χ1n) is 20.3. The van der Waals surface area contributed by atoms with Gasteiger partial charge in [0.2, 0.25) is 11.8 Å². The minimum absolute atomic E-state index is 0.0116. The molecule has 6 rings (SSSR count). The molecule has 0 aromatic heterocycles. The van der Waals surface area contributed by atoms with Crippen LogP contribution in [0.25, 0.3) is 11.1 Å². The highest BCUT2D eigenvalue weighted by Crippen LogP contribution is 2.39. The molecule has 1 saturated heterocycles. The Morgan fingerprint density at radius 3 is 2.23 bits per heavy atom. The van der Waals surface area contributed by atoms with Crippen molar-refractivity contribution in [2.75, 3.05) is 24.1 Å². The molecule has 0 unspecified atom stereocenters. The van der Waals surface area contributed by atoms with Crippen molar-refractivity contribution in [2.45, 2.75) is 108 Å². The quantitative estimate of drug-likeness (QED) is 0.0427. The van der Waals surface area contributed by atoms with Gasteiger partial charge in [-0.05, 0) is 71.7 Å². The summed E-state index contributed by atoms with van der Waals surface area (Å²) in [5.74, 6) is -0.0159. The van der Waals surface area contributed by atoms with Gasteiger partial charge in [-0.2, -0.15) is 0 Å². The highest BCUT2D eigenvalue weighted by atomic mass is 16.7. The molecule has 2 amide bonds. The fourth-order valence-electron chi connectivity index (χ4n) is 7.83. The third kappa shape index (κ3) is 11.9. The average molecular weight is 759 g/mol. The molecule has 1 aliphatic heterocycles. The van der Waals surface area contributed by atoms with E-state index in [1.807, 2.05) is 42.5 Å². The van der Waals surface area contributed by atoms with E-state index in [2.05, 4.69) is 70.6 Å². The summed E-state index contributed by atoms with van der Waals surface area (Å²) in [6, 6.07) is 32.5. The van der Waals surface area contributed by atoms with Crippen molar-refractivity contribution < 1.29 is 24.2 Å². The van der Waals surface area contributed by atoms with Crippen LogP contribution in [0.3, 0.4) is 0 Å². The number of para-hydroxylation sites is 2. The molecule has 9 heteroatoms. The number of nitrogens with zero attached hydrogens (tertiary/aromatic N) is 1. The number of benzene rings is 4. The van der Waals surface area contributed by atoms with Crippen LogP contribution in [-0.4, -0.2) is 47.1 Å². The molecule has 1 heterocycles. The molecule has 3 atom stereocenters. The Labute approximate surface area is 332 Å². The maximum absolute atomic E-state index is 12.6. The molecule has 1 saturated carbocycles. The standard InChI is InChI=1S/C47H58N4O5/c1-2-28-51(40-14-7-8-15-40)32-41-30-44(37-22-20-34(33-52)21-23-37)56-47(55-41)38-26-24-36(25-27-38)39-13-11-12-35(29-39)31-49-45(53)18-5-3-4-6-19-46(54)50-43-17-10-9-16-42(43)48/h2,9-13,16-17,20-27,29,40-41,44,47,52H,1,3-8,14-15,18-19,28,30-33,48H2,(H,49,53)(H,50,54)/t41-,44+,47+/m1/s1. The molecule has 2 aliphatic rings. The smallest absolute Gasteiger partial charge is 0.224 e. The molecule has 4 aromatic rings. The number of aliphatic hydroxyl groups excluding tert-OH is 1. The molecule has 9 nitrogen and oxygen atoms in total. The highest BCUT2D eigenvalue weighted by Gasteiger charge is 2.34. The van der Waals surface area contributed by atoms with Gasteiger partial charge in [0.25, 0.3) is 0 Å². The van der Waals surface area contributed by atoms with Crippen molar-refractivity contribution in [3.63, 3.8) is 0 Å². The van der Waals surface area contributed by atoms with E-state index >= 15 is 0 Å². The Kier molecular flexibility index (Phi) is 15.3. The lowest BCUT2D eigenvalue weighted by Crippen LogP contribution is -2.43. The number of aliphatic hydroxyl groups is 1. The Morgan fingerprint density at radius 1 is 0.804 bits per heavy atom.